The molecule has 114 valence electrons. The summed E-state index contributed by atoms with van der Waals surface area (Å²) in [4.78, 5) is 14.3. The van der Waals surface area contributed by atoms with Gasteiger partial charge in [-0.15, -0.1) is 0 Å². The molecule has 4 nitrogen and oxygen atoms in total. The highest BCUT2D eigenvalue weighted by Crippen LogP contribution is 2.33. The lowest BCUT2D eigenvalue weighted by Crippen LogP contribution is -2.28. The van der Waals surface area contributed by atoms with Crippen LogP contribution in [0.4, 0.5) is 11.4 Å². The Kier molecular flexibility index (Phi) is 4.20. The van der Waals surface area contributed by atoms with Gasteiger partial charge in [-0.3, -0.25) is 4.79 Å². The van der Waals surface area contributed by atoms with Crippen molar-refractivity contribution >= 4 is 28.9 Å². The summed E-state index contributed by atoms with van der Waals surface area (Å²) >= 11 is 6.08. The molecule has 0 aliphatic carbocycles. The molecule has 2 aromatic carbocycles. The van der Waals surface area contributed by atoms with Crippen molar-refractivity contribution in [3.05, 3.63) is 53.1 Å². The molecule has 0 saturated carbocycles. The summed E-state index contributed by atoms with van der Waals surface area (Å²) in [6, 6.07) is 13.0. The molecule has 2 aromatic rings. The van der Waals surface area contributed by atoms with Crippen LogP contribution in [0.1, 0.15) is 5.56 Å². The van der Waals surface area contributed by atoms with E-state index < -0.39 is 0 Å². The second-order valence-electron chi connectivity index (χ2n) is 5.27. The molecule has 3 rings (SSSR count). The maximum atomic E-state index is 12.2. The predicted molar refractivity (Wildman–Crippen MR) is 89.0 cm³/mol. The van der Waals surface area contributed by atoms with Gasteiger partial charge in [0.1, 0.15) is 12.4 Å². The average molecular weight is 317 g/mol. The van der Waals surface area contributed by atoms with E-state index in [0.29, 0.717) is 11.6 Å². The van der Waals surface area contributed by atoms with Crippen LogP contribution in [0.3, 0.4) is 0 Å². The smallest absolute Gasteiger partial charge is 0.228 e. The third-order valence-corrected chi connectivity index (χ3v) is 4.02. The fourth-order valence-corrected chi connectivity index (χ4v) is 2.65. The average Bonchev–Trinajstić information content (AvgIpc) is 2.50. The van der Waals surface area contributed by atoms with Gasteiger partial charge in [0.2, 0.25) is 5.91 Å². The third kappa shape index (κ3) is 3.17. The van der Waals surface area contributed by atoms with Crippen molar-refractivity contribution in [3.8, 4) is 5.75 Å². The van der Waals surface area contributed by atoms with Gasteiger partial charge < -0.3 is 15.0 Å². The van der Waals surface area contributed by atoms with E-state index in [1.807, 2.05) is 43.4 Å². The van der Waals surface area contributed by atoms with Gasteiger partial charge >= 0.3 is 0 Å². The Bertz CT molecular complexity index is 703. The molecular formula is C17H17ClN2O2. The number of benzene rings is 2. The van der Waals surface area contributed by atoms with Crippen molar-refractivity contribution in [2.75, 3.05) is 30.4 Å². The lowest BCUT2D eigenvalue weighted by Gasteiger charge is -2.28. The number of likely N-dealkylation sites (N-methyl/N-ethyl adjacent to an activating group) is 1. The van der Waals surface area contributed by atoms with Crippen molar-refractivity contribution in [1.82, 2.24) is 0 Å². The summed E-state index contributed by atoms with van der Waals surface area (Å²) in [5, 5.41) is 3.52. The van der Waals surface area contributed by atoms with Crippen LogP contribution < -0.4 is 15.0 Å². The number of ether oxygens (including phenoxy) is 1. The summed E-state index contributed by atoms with van der Waals surface area (Å²) in [6.07, 6.45) is 0.253. The van der Waals surface area contributed by atoms with E-state index in [1.54, 1.807) is 6.07 Å². The second kappa shape index (κ2) is 6.28. The molecule has 1 amide bonds. The lowest BCUT2D eigenvalue weighted by atomic mass is 10.1. The third-order valence-electron chi connectivity index (χ3n) is 3.65. The van der Waals surface area contributed by atoms with Gasteiger partial charge in [-0.25, -0.2) is 0 Å². The van der Waals surface area contributed by atoms with Crippen LogP contribution in [-0.2, 0) is 11.2 Å². The number of nitrogens with zero attached hydrogens (tertiary/aromatic N) is 1. The Hall–Kier alpha value is -2.20. The first-order chi connectivity index (χ1) is 10.6. The number of fused-ring (bicyclic) bond motifs is 1. The first kappa shape index (κ1) is 14.7. The fraction of sp³-hybridized carbons (Fsp3) is 0.235. The van der Waals surface area contributed by atoms with Crippen LogP contribution in [0.25, 0.3) is 0 Å². The van der Waals surface area contributed by atoms with Gasteiger partial charge in [-0.1, -0.05) is 29.8 Å². The zero-order valence-corrected chi connectivity index (χ0v) is 13.1. The second-order valence-corrected chi connectivity index (χ2v) is 5.68. The number of nitrogens with one attached hydrogen (secondary N) is 1. The standard InChI is InChI=1S/C17H17ClN2O2/c1-20-8-9-22-16-7-6-13(11-15(16)20)19-17(21)10-12-4-2-3-5-14(12)18/h2-7,11H,8-10H2,1H3,(H,19,21). The maximum absolute atomic E-state index is 12.2. The van der Waals surface area contributed by atoms with Crippen molar-refractivity contribution in [2.45, 2.75) is 6.42 Å². The highest BCUT2D eigenvalue weighted by molar-refractivity contribution is 6.31. The molecule has 0 unspecified atom stereocenters. The quantitative estimate of drug-likeness (QED) is 0.944. The van der Waals surface area contributed by atoms with Gasteiger partial charge in [0.25, 0.3) is 0 Å². The minimum Gasteiger partial charge on any atom is -0.490 e. The number of halogens is 1. The molecule has 0 fully saturated rings. The Morgan fingerprint density at radius 1 is 1.32 bits per heavy atom. The molecule has 0 saturated heterocycles. The van der Waals surface area contributed by atoms with Crippen LogP contribution in [-0.4, -0.2) is 26.1 Å². The SMILES string of the molecule is CN1CCOc2ccc(NC(=O)Cc3ccccc3Cl)cc21. The van der Waals surface area contributed by atoms with Gasteiger partial charge in [0.05, 0.1) is 18.7 Å². The molecule has 0 spiro atoms. The highest BCUT2D eigenvalue weighted by Gasteiger charge is 2.16. The number of rotatable bonds is 3. The number of anilines is 2. The fourth-order valence-electron chi connectivity index (χ4n) is 2.45. The minimum absolute atomic E-state index is 0.0903. The van der Waals surface area contributed by atoms with E-state index in [0.717, 1.165) is 29.2 Å². The zero-order chi connectivity index (χ0) is 15.5. The molecule has 5 heteroatoms. The van der Waals surface area contributed by atoms with Gasteiger partial charge in [0, 0.05) is 17.8 Å². The van der Waals surface area contributed by atoms with Crippen LogP contribution in [0.2, 0.25) is 5.02 Å². The molecule has 1 N–H and O–H groups in total. The first-order valence-corrected chi connectivity index (χ1v) is 7.52. The van der Waals surface area contributed by atoms with Gasteiger partial charge in [0.15, 0.2) is 0 Å². The molecule has 1 heterocycles. The molecule has 1 aliphatic rings. The van der Waals surface area contributed by atoms with E-state index in [4.69, 9.17) is 16.3 Å². The molecule has 22 heavy (non-hydrogen) atoms. The van der Waals surface area contributed by atoms with E-state index in [2.05, 4.69) is 10.2 Å². The molecular weight excluding hydrogens is 300 g/mol. The summed E-state index contributed by atoms with van der Waals surface area (Å²) in [7, 11) is 2.01. The Morgan fingerprint density at radius 2 is 2.14 bits per heavy atom. The van der Waals surface area contributed by atoms with Crippen LogP contribution in [0.5, 0.6) is 5.75 Å². The van der Waals surface area contributed by atoms with Crippen LogP contribution in [0.15, 0.2) is 42.5 Å². The van der Waals surface area contributed by atoms with E-state index in [-0.39, 0.29) is 12.3 Å². The number of carbonyl (C=O) groups is 1. The normalized spacial score (nSPS) is 13.3. The highest BCUT2D eigenvalue weighted by atomic mass is 35.5. The van der Waals surface area contributed by atoms with E-state index in [9.17, 15) is 4.79 Å². The summed E-state index contributed by atoms with van der Waals surface area (Å²) < 4.78 is 5.59. The zero-order valence-electron chi connectivity index (χ0n) is 12.3. The maximum Gasteiger partial charge on any atom is 0.228 e. The number of amides is 1. The minimum atomic E-state index is -0.0903. The van der Waals surface area contributed by atoms with E-state index in [1.165, 1.54) is 0 Å². The Labute approximate surface area is 134 Å². The molecule has 0 bridgehead atoms. The molecule has 0 radical (unpaired) electrons. The van der Waals surface area contributed by atoms with Crippen LogP contribution >= 0.6 is 11.6 Å². The number of hydrogen-bond acceptors (Lipinski definition) is 3. The largest absolute Gasteiger partial charge is 0.490 e. The van der Waals surface area contributed by atoms with Crippen LogP contribution in [0, 0.1) is 0 Å². The lowest BCUT2D eigenvalue weighted by molar-refractivity contribution is -0.115. The Morgan fingerprint density at radius 3 is 2.95 bits per heavy atom. The summed E-state index contributed by atoms with van der Waals surface area (Å²) in [5.41, 5.74) is 2.56. The summed E-state index contributed by atoms with van der Waals surface area (Å²) in [5.74, 6) is 0.755. The number of carbonyl (C=O) groups excluding carboxylic acids is 1. The predicted octanol–water partition coefficient (Wildman–Crippen LogP) is 3.35. The van der Waals surface area contributed by atoms with Gasteiger partial charge in [-0.05, 0) is 29.8 Å². The van der Waals surface area contributed by atoms with Crippen molar-refractivity contribution in [3.63, 3.8) is 0 Å². The van der Waals surface area contributed by atoms with Crippen molar-refractivity contribution in [1.29, 1.82) is 0 Å². The molecule has 0 aromatic heterocycles. The van der Waals surface area contributed by atoms with Crippen molar-refractivity contribution < 1.29 is 9.53 Å². The summed E-state index contributed by atoms with van der Waals surface area (Å²) in [6.45, 7) is 1.52. The van der Waals surface area contributed by atoms with Crippen molar-refractivity contribution in [2.24, 2.45) is 0 Å². The first-order valence-electron chi connectivity index (χ1n) is 7.15. The number of hydrogen-bond donors (Lipinski definition) is 1. The van der Waals surface area contributed by atoms with E-state index >= 15 is 0 Å². The molecule has 0 atom stereocenters. The Balaban J connectivity index is 1.72. The topological polar surface area (TPSA) is 41.6 Å². The van der Waals surface area contributed by atoms with Gasteiger partial charge in [-0.2, -0.15) is 0 Å². The molecule has 1 aliphatic heterocycles. The monoisotopic (exact) mass is 316 g/mol.